The van der Waals surface area contributed by atoms with Crippen molar-refractivity contribution in [3.05, 3.63) is 63.1 Å². The molecule has 1 heterocycles. The number of piperidine rings is 1. The number of ether oxygens (including phenoxy) is 3. The molecule has 0 bridgehead atoms. The van der Waals surface area contributed by atoms with Crippen molar-refractivity contribution in [3.63, 3.8) is 0 Å². The Morgan fingerprint density at radius 3 is 2.65 bits per heavy atom. The minimum atomic E-state index is -0.335. The van der Waals surface area contributed by atoms with Crippen LogP contribution in [0.4, 0.5) is 4.79 Å². The molecule has 1 aliphatic heterocycles. The summed E-state index contributed by atoms with van der Waals surface area (Å²) in [6, 6.07) is 13.5. The molecule has 1 aliphatic carbocycles. The van der Waals surface area contributed by atoms with E-state index in [1.807, 2.05) is 6.07 Å². The Morgan fingerprint density at radius 1 is 1.21 bits per heavy atom. The van der Waals surface area contributed by atoms with Gasteiger partial charge in [0.1, 0.15) is 11.9 Å². The molecule has 1 unspecified atom stereocenters. The molecular formula is C26H27BrN2O5. The quantitative estimate of drug-likeness (QED) is 0.506. The Balaban J connectivity index is 1.64. The Kier molecular flexibility index (Phi) is 7.13. The van der Waals surface area contributed by atoms with E-state index in [2.05, 4.69) is 34.1 Å². The molecule has 2 aromatic carbocycles. The fraction of sp³-hybridized carbons (Fsp3) is 0.423. The number of esters is 1. The number of benzene rings is 2. The number of carbonyl (C=O) groups is 2. The lowest BCUT2D eigenvalue weighted by Crippen LogP contribution is -2.44. The summed E-state index contributed by atoms with van der Waals surface area (Å²) in [5, 5.41) is 9.42. The number of carbonyl (C=O) groups excluding carboxylic acids is 2. The second-order valence-corrected chi connectivity index (χ2v) is 9.61. The predicted octanol–water partition coefficient (Wildman–Crippen LogP) is 5.05. The van der Waals surface area contributed by atoms with Gasteiger partial charge in [-0.25, -0.2) is 4.79 Å². The first-order chi connectivity index (χ1) is 16.4. The van der Waals surface area contributed by atoms with Crippen LogP contribution in [-0.4, -0.2) is 43.8 Å². The Hall–Kier alpha value is -3.05. The van der Waals surface area contributed by atoms with E-state index in [0.717, 1.165) is 29.3 Å². The van der Waals surface area contributed by atoms with Gasteiger partial charge < -0.3 is 19.1 Å². The van der Waals surface area contributed by atoms with E-state index in [1.54, 1.807) is 30.0 Å². The number of likely N-dealkylation sites (tertiary alicyclic amines) is 1. The summed E-state index contributed by atoms with van der Waals surface area (Å²) in [5.41, 5.74) is 3.37. The van der Waals surface area contributed by atoms with E-state index >= 15 is 0 Å². The smallest absolute Gasteiger partial charge is 0.409 e. The van der Waals surface area contributed by atoms with Gasteiger partial charge in [-0.05, 0) is 61.6 Å². The fourth-order valence-corrected chi connectivity index (χ4v) is 5.46. The molecule has 178 valence electrons. The van der Waals surface area contributed by atoms with Crippen LogP contribution >= 0.6 is 15.9 Å². The molecule has 7 nitrogen and oxygen atoms in total. The van der Waals surface area contributed by atoms with Crippen LogP contribution in [0, 0.1) is 11.3 Å². The van der Waals surface area contributed by atoms with E-state index in [1.165, 1.54) is 12.7 Å². The monoisotopic (exact) mass is 526 g/mol. The van der Waals surface area contributed by atoms with Gasteiger partial charge >= 0.3 is 12.1 Å². The molecule has 34 heavy (non-hydrogen) atoms. The number of halogens is 1. The molecule has 1 spiro atoms. The molecule has 1 atom stereocenters. The standard InChI is InChI=1S/C26H27BrN2O5/c1-3-33-24(30)13-18-5-4-17(16-28)12-22(18)34-23-15-26(21-7-6-19(27)14-20(21)23)8-10-29(11-9-26)25(31)32-2/h4-7,12,14,23H,3,8-11,13,15H2,1-2H3. The number of hydrogen-bond donors (Lipinski definition) is 0. The number of fused-ring (bicyclic) bond motifs is 2. The topological polar surface area (TPSA) is 88.9 Å². The summed E-state index contributed by atoms with van der Waals surface area (Å²) in [4.78, 5) is 25.9. The molecule has 2 aliphatic rings. The van der Waals surface area contributed by atoms with Gasteiger partial charge in [-0.1, -0.05) is 28.1 Å². The van der Waals surface area contributed by atoms with E-state index < -0.39 is 0 Å². The highest BCUT2D eigenvalue weighted by molar-refractivity contribution is 9.10. The number of nitrogens with zero attached hydrogens (tertiary/aromatic N) is 2. The van der Waals surface area contributed by atoms with E-state index in [-0.39, 0.29) is 30.0 Å². The van der Waals surface area contributed by atoms with Crippen molar-refractivity contribution in [2.24, 2.45) is 0 Å². The minimum absolute atomic E-state index is 0.0756. The highest BCUT2D eigenvalue weighted by Crippen LogP contribution is 2.53. The molecule has 8 heteroatoms. The van der Waals surface area contributed by atoms with Gasteiger partial charge in [-0.2, -0.15) is 5.26 Å². The van der Waals surface area contributed by atoms with Crippen LogP contribution in [0.15, 0.2) is 40.9 Å². The third-order valence-corrected chi connectivity index (χ3v) is 7.26. The van der Waals surface area contributed by atoms with Crippen molar-refractivity contribution in [3.8, 4) is 11.8 Å². The maximum atomic E-state index is 12.2. The van der Waals surface area contributed by atoms with Crippen molar-refractivity contribution >= 4 is 28.0 Å². The van der Waals surface area contributed by atoms with E-state index in [9.17, 15) is 14.9 Å². The SMILES string of the molecule is CCOC(=O)Cc1ccc(C#N)cc1OC1CC2(CCN(C(=O)OC)CC2)c2ccc(Br)cc21. The van der Waals surface area contributed by atoms with Crippen LogP contribution in [-0.2, 0) is 26.1 Å². The summed E-state index contributed by atoms with van der Waals surface area (Å²) in [6.07, 6.45) is 1.91. The highest BCUT2D eigenvalue weighted by atomic mass is 79.9. The first-order valence-electron chi connectivity index (χ1n) is 11.4. The van der Waals surface area contributed by atoms with Gasteiger partial charge in [0.25, 0.3) is 0 Å². The highest BCUT2D eigenvalue weighted by Gasteiger charge is 2.47. The van der Waals surface area contributed by atoms with Gasteiger partial charge in [0.15, 0.2) is 0 Å². The molecule has 0 aromatic heterocycles. The lowest BCUT2D eigenvalue weighted by Gasteiger charge is -2.39. The second-order valence-electron chi connectivity index (χ2n) is 8.70. The van der Waals surface area contributed by atoms with E-state index in [4.69, 9.17) is 14.2 Å². The van der Waals surface area contributed by atoms with Gasteiger partial charge in [0, 0.05) is 28.5 Å². The first kappa shape index (κ1) is 24.1. The van der Waals surface area contributed by atoms with Crippen LogP contribution < -0.4 is 4.74 Å². The molecule has 1 fully saturated rings. The van der Waals surface area contributed by atoms with E-state index in [0.29, 0.717) is 36.6 Å². The van der Waals surface area contributed by atoms with Crippen molar-refractivity contribution in [2.75, 3.05) is 26.8 Å². The minimum Gasteiger partial charge on any atom is -0.485 e. The van der Waals surface area contributed by atoms with Crippen LogP contribution in [0.5, 0.6) is 5.75 Å². The average Bonchev–Trinajstić information content (AvgIpc) is 3.12. The maximum Gasteiger partial charge on any atom is 0.409 e. The molecule has 0 radical (unpaired) electrons. The Bertz CT molecular complexity index is 1130. The van der Waals surface area contributed by atoms with Crippen molar-refractivity contribution in [2.45, 2.75) is 44.1 Å². The predicted molar refractivity (Wildman–Crippen MR) is 129 cm³/mol. The van der Waals surface area contributed by atoms with Crippen LogP contribution in [0.1, 0.15) is 54.5 Å². The molecule has 1 saturated heterocycles. The second kappa shape index (κ2) is 10.1. The third kappa shape index (κ3) is 4.76. The zero-order chi connectivity index (χ0) is 24.3. The van der Waals surface area contributed by atoms with Gasteiger partial charge in [-0.15, -0.1) is 0 Å². The molecule has 0 saturated carbocycles. The summed E-state index contributed by atoms with van der Waals surface area (Å²) >= 11 is 3.59. The van der Waals surface area contributed by atoms with Crippen molar-refractivity contribution in [1.82, 2.24) is 4.90 Å². The fourth-order valence-electron chi connectivity index (χ4n) is 5.08. The number of hydrogen-bond acceptors (Lipinski definition) is 6. The van der Waals surface area contributed by atoms with Crippen LogP contribution in [0.2, 0.25) is 0 Å². The molecule has 2 aromatic rings. The number of methoxy groups -OCH3 is 1. The normalized spacial score (nSPS) is 18.2. The van der Waals surface area contributed by atoms with Gasteiger partial charge in [-0.3, -0.25) is 4.79 Å². The molecule has 1 amide bonds. The summed E-state index contributed by atoms with van der Waals surface area (Å²) < 4.78 is 17.5. The number of rotatable bonds is 5. The van der Waals surface area contributed by atoms with Crippen LogP contribution in [0.3, 0.4) is 0 Å². The zero-order valence-corrected chi connectivity index (χ0v) is 20.9. The first-order valence-corrected chi connectivity index (χ1v) is 12.2. The molecule has 4 rings (SSSR count). The summed E-state index contributed by atoms with van der Waals surface area (Å²) in [7, 11) is 1.40. The zero-order valence-electron chi connectivity index (χ0n) is 19.3. The largest absolute Gasteiger partial charge is 0.485 e. The summed E-state index contributed by atoms with van der Waals surface area (Å²) in [5.74, 6) is 0.186. The number of amides is 1. The maximum absolute atomic E-state index is 12.2. The third-order valence-electron chi connectivity index (χ3n) is 6.77. The Morgan fingerprint density at radius 2 is 1.97 bits per heavy atom. The van der Waals surface area contributed by atoms with Crippen molar-refractivity contribution in [1.29, 1.82) is 5.26 Å². The average molecular weight is 527 g/mol. The van der Waals surface area contributed by atoms with Gasteiger partial charge in [0.2, 0.25) is 0 Å². The summed E-state index contributed by atoms with van der Waals surface area (Å²) in [6.45, 7) is 3.31. The van der Waals surface area contributed by atoms with Gasteiger partial charge in [0.05, 0.1) is 31.8 Å². The molecular weight excluding hydrogens is 500 g/mol. The Labute approximate surface area is 207 Å². The lowest BCUT2D eigenvalue weighted by molar-refractivity contribution is -0.142. The lowest BCUT2D eigenvalue weighted by atomic mass is 9.74. The van der Waals surface area contributed by atoms with Crippen molar-refractivity contribution < 1.29 is 23.8 Å². The molecule has 0 N–H and O–H groups in total. The number of nitriles is 1. The van der Waals surface area contributed by atoms with Crippen LogP contribution in [0.25, 0.3) is 0 Å².